The molecule has 1 aromatic rings. The summed E-state index contributed by atoms with van der Waals surface area (Å²) in [5.41, 5.74) is 3.68. The van der Waals surface area contributed by atoms with Crippen LogP contribution in [0.5, 0.6) is 0 Å². The smallest absolute Gasteiger partial charge is 0.308 e. The highest BCUT2D eigenvalue weighted by atomic mass is 16.2. The van der Waals surface area contributed by atoms with Gasteiger partial charge in [-0.25, -0.2) is 4.79 Å². The average molecular weight is 256 g/mol. The zero-order valence-corrected chi connectivity index (χ0v) is 11.7. The van der Waals surface area contributed by atoms with Gasteiger partial charge in [-0.2, -0.15) is 0 Å². The van der Waals surface area contributed by atoms with Crippen molar-refractivity contribution >= 4 is 11.7 Å². The Hall–Kier alpha value is -2.29. The van der Waals surface area contributed by atoms with Crippen molar-refractivity contribution in [3.8, 4) is 0 Å². The number of urea groups is 1. The molecule has 0 heterocycles. The maximum atomic E-state index is 11.9. The van der Waals surface area contributed by atoms with E-state index >= 15 is 0 Å². The van der Waals surface area contributed by atoms with E-state index in [1.165, 1.54) is 0 Å². The first kappa shape index (κ1) is 14.8. The van der Waals surface area contributed by atoms with Crippen molar-refractivity contribution in [1.29, 1.82) is 0 Å². The van der Waals surface area contributed by atoms with Gasteiger partial charge in [-0.3, -0.25) is 0 Å². The molecule has 0 saturated carbocycles. The van der Waals surface area contributed by atoms with E-state index in [1.807, 2.05) is 51.1 Å². The molecule has 0 aliphatic carbocycles. The molecule has 0 radical (unpaired) electrons. The van der Waals surface area contributed by atoms with Crippen LogP contribution in [0.4, 0.5) is 10.5 Å². The Morgan fingerprint density at radius 3 is 2.63 bits per heavy atom. The molecular formula is C16H20N2O. The second kappa shape index (κ2) is 7.21. The summed E-state index contributed by atoms with van der Waals surface area (Å²) in [5, 5.41) is 5.57. The Balaban J connectivity index is 2.71. The van der Waals surface area contributed by atoms with Crippen LogP contribution >= 0.6 is 0 Å². The summed E-state index contributed by atoms with van der Waals surface area (Å²) >= 11 is 0. The largest absolute Gasteiger partial charge is 0.323 e. The van der Waals surface area contributed by atoms with Crippen LogP contribution in [-0.4, -0.2) is 6.03 Å². The van der Waals surface area contributed by atoms with Crippen LogP contribution in [0, 0.1) is 6.92 Å². The minimum absolute atomic E-state index is 0.267. The molecule has 100 valence electrons. The van der Waals surface area contributed by atoms with Crippen molar-refractivity contribution < 1.29 is 4.79 Å². The van der Waals surface area contributed by atoms with Gasteiger partial charge in [-0.1, -0.05) is 30.4 Å². The number of amides is 2. The molecule has 3 heteroatoms. The first-order valence-electron chi connectivity index (χ1n) is 6.13. The standard InChI is InChI=1S/C16H20N2O/c1-5-7-14(10-12(2)3)17-16(19)18-15-9-6-8-13(4)11-15/h5-11H,1H2,2-4H3,(H2,17,18,19)/b14-7+. The van der Waals surface area contributed by atoms with Crippen molar-refractivity contribution in [2.45, 2.75) is 20.8 Å². The van der Waals surface area contributed by atoms with Gasteiger partial charge in [0.2, 0.25) is 0 Å². The fourth-order valence-corrected chi connectivity index (χ4v) is 1.58. The van der Waals surface area contributed by atoms with Crippen molar-refractivity contribution in [1.82, 2.24) is 5.32 Å². The monoisotopic (exact) mass is 256 g/mol. The number of carbonyl (C=O) groups excluding carboxylic acids is 1. The van der Waals surface area contributed by atoms with Gasteiger partial charge in [0.15, 0.2) is 0 Å². The molecule has 0 fully saturated rings. The van der Waals surface area contributed by atoms with Gasteiger partial charge < -0.3 is 10.6 Å². The molecule has 0 aliphatic heterocycles. The quantitative estimate of drug-likeness (QED) is 0.780. The molecule has 0 bridgehead atoms. The number of rotatable bonds is 4. The predicted molar refractivity (Wildman–Crippen MR) is 81.0 cm³/mol. The fraction of sp³-hybridized carbons (Fsp3) is 0.188. The molecule has 0 aromatic heterocycles. The summed E-state index contributed by atoms with van der Waals surface area (Å²) in [5.74, 6) is 0. The van der Waals surface area contributed by atoms with Gasteiger partial charge in [0, 0.05) is 11.4 Å². The number of anilines is 1. The topological polar surface area (TPSA) is 41.1 Å². The molecule has 0 unspecified atom stereocenters. The van der Waals surface area contributed by atoms with Gasteiger partial charge in [0.25, 0.3) is 0 Å². The lowest BCUT2D eigenvalue weighted by atomic mass is 10.2. The molecule has 1 rings (SSSR count). The Kier molecular flexibility index (Phi) is 5.61. The van der Waals surface area contributed by atoms with Gasteiger partial charge in [0.05, 0.1) is 0 Å². The van der Waals surface area contributed by atoms with Crippen LogP contribution in [0.1, 0.15) is 19.4 Å². The summed E-state index contributed by atoms with van der Waals surface area (Å²) in [7, 11) is 0. The Labute approximate surface area is 114 Å². The Morgan fingerprint density at radius 1 is 1.32 bits per heavy atom. The maximum absolute atomic E-state index is 11.9. The fourth-order valence-electron chi connectivity index (χ4n) is 1.58. The second-order valence-electron chi connectivity index (χ2n) is 4.53. The lowest BCUT2D eigenvalue weighted by Gasteiger charge is -2.09. The van der Waals surface area contributed by atoms with E-state index in [9.17, 15) is 4.79 Å². The Bertz CT molecular complexity index is 523. The lowest BCUT2D eigenvalue weighted by molar-refractivity contribution is 0.254. The van der Waals surface area contributed by atoms with E-state index in [2.05, 4.69) is 17.2 Å². The summed E-state index contributed by atoms with van der Waals surface area (Å²) in [4.78, 5) is 11.9. The van der Waals surface area contributed by atoms with Crippen molar-refractivity contribution in [2.75, 3.05) is 5.32 Å². The highest BCUT2D eigenvalue weighted by Crippen LogP contribution is 2.09. The van der Waals surface area contributed by atoms with Crippen LogP contribution in [0.2, 0.25) is 0 Å². The number of benzene rings is 1. The van der Waals surface area contributed by atoms with Crippen LogP contribution in [0.25, 0.3) is 0 Å². The van der Waals surface area contributed by atoms with Gasteiger partial charge in [0.1, 0.15) is 0 Å². The van der Waals surface area contributed by atoms with Crippen LogP contribution in [-0.2, 0) is 0 Å². The molecule has 2 N–H and O–H groups in total. The summed E-state index contributed by atoms with van der Waals surface area (Å²) in [6, 6.07) is 7.38. The second-order valence-corrected chi connectivity index (χ2v) is 4.53. The first-order chi connectivity index (χ1) is 9.01. The maximum Gasteiger partial charge on any atom is 0.323 e. The minimum atomic E-state index is -0.267. The van der Waals surface area contributed by atoms with Crippen molar-refractivity contribution in [3.63, 3.8) is 0 Å². The number of carbonyl (C=O) groups is 1. The molecule has 0 atom stereocenters. The van der Waals surface area contributed by atoms with E-state index < -0.39 is 0 Å². The van der Waals surface area contributed by atoms with Crippen LogP contribution in [0.3, 0.4) is 0 Å². The molecule has 19 heavy (non-hydrogen) atoms. The number of hydrogen-bond acceptors (Lipinski definition) is 1. The third-order valence-corrected chi connectivity index (χ3v) is 2.28. The molecule has 0 spiro atoms. The summed E-state index contributed by atoms with van der Waals surface area (Å²) in [6.07, 6.45) is 5.28. The summed E-state index contributed by atoms with van der Waals surface area (Å²) < 4.78 is 0. The number of aryl methyl sites for hydroxylation is 1. The van der Waals surface area contributed by atoms with Gasteiger partial charge in [-0.15, -0.1) is 0 Å². The van der Waals surface area contributed by atoms with Gasteiger partial charge in [-0.05, 0) is 50.6 Å². The average Bonchev–Trinajstić information content (AvgIpc) is 2.27. The molecule has 2 amide bonds. The molecule has 1 aromatic carbocycles. The lowest BCUT2D eigenvalue weighted by Crippen LogP contribution is -2.27. The number of hydrogen-bond donors (Lipinski definition) is 2. The van der Waals surface area contributed by atoms with E-state index in [0.717, 1.165) is 16.8 Å². The van der Waals surface area contributed by atoms with E-state index in [4.69, 9.17) is 0 Å². The third kappa shape index (κ3) is 5.73. The summed E-state index contributed by atoms with van der Waals surface area (Å²) in [6.45, 7) is 9.55. The zero-order valence-electron chi connectivity index (χ0n) is 11.7. The molecule has 3 nitrogen and oxygen atoms in total. The SMILES string of the molecule is C=C/C=C(\C=C(C)C)NC(=O)Nc1cccc(C)c1. The highest BCUT2D eigenvalue weighted by Gasteiger charge is 2.02. The predicted octanol–water partition coefficient (Wildman–Crippen LogP) is 4.15. The third-order valence-electron chi connectivity index (χ3n) is 2.28. The van der Waals surface area contributed by atoms with Crippen LogP contribution < -0.4 is 10.6 Å². The van der Waals surface area contributed by atoms with E-state index in [-0.39, 0.29) is 6.03 Å². The zero-order chi connectivity index (χ0) is 14.3. The first-order valence-corrected chi connectivity index (χ1v) is 6.13. The normalized spacial score (nSPS) is 10.6. The van der Waals surface area contributed by atoms with E-state index in [0.29, 0.717) is 5.70 Å². The molecule has 0 saturated heterocycles. The number of nitrogens with one attached hydrogen (secondary N) is 2. The minimum Gasteiger partial charge on any atom is -0.308 e. The Morgan fingerprint density at radius 2 is 2.05 bits per heavy atom. The molecule has 0 aliphatic rings. The van der Waals surface area contributed by atoms with Crippen molar-refractivity contribution in [3.05, 3.63) is 65.9 Å². The molecular weight excluding hydrogens is 236 g/mol. The van der Waals surface area contributed by atoms with Crippen LogP contribution in [0.15, 0.2) is 60.3 Å². The van der Waals surface area contributed by atoms with E-state index in [1.54, 1.807) is 12.2 Å². The highest BCUT2D eigenvalue weighted by molar-refractivity contribution is 5.90. The van der Waals surface area contributed by atoms with Gasteiger partial charge >= 0.3 is 6.03 Å². The number of allylic oxidation sites excluding steroid dienone is 4. The van der Waals surface area contributed by atoms with Crippen molar-refractivity contribution in [2.24, 2.45) is 0 Å².